The zero-order valence-corrected chi connectivity index (χ0v) is 13.7. The topological polar surface area (TPSA) is 80.5 Å². The molecule has 0 saturated heterocycles. The maximum Gasteiger partial charge on any atom is 0.223 e. The quantitative estimate of drug-likeness (QED) is 0.822. The van der Waals surface area contributed by atoms with E-state index < -0.39 is 9.84 Å². The Morgan fingerprint density at radius 1 is 1.29 bits per heavy atom. The molecule has 5 nitrogen and oxygen atoms in total. The molecule has 0 radical (unpaired) electrons. The van der Waals surface area contributed by atoms with Crippen molar-refractivity contribution in [2.24, 2.45) is 5.73 Å². The molecule has 1 amide bonds. The van der Waals surface area contributed by atoms with Crippen LogP contribution in [0, 0.1) is 13.8 Å². The molecule has 0 aliphatic heterocycles. The predicted molar refractivity (Wildman–Crippen MR) is 83.9 cm³/mol. The minimum absolute atomic E-state index is 0.00319. The molecule has 2 N–H and O–H groups in total. The Morgan fingerprint density at radius 2 is 1.95 bits per heavy atom. The Hall–Kier alpha value is -1.40. The van der Waals surface area contributed by atoms with Crippen molar-refractivity contribution in [3.05, 3.63) is 29.3 Å². The van der Waals surface area contributed by atoms with Crippen LogP contribution in [0.25, 0.3) is 0 Å². The summed E-state index contributed by atoms with van der Waals surface area (Å²) in [7, 11) is -1.77. The highest BCUT2D eigenvalue weighted by Gasteiger charge is 2.20. The van der Waals surface area contributed by atoms with Gasteiger partial charge < -0.3 is 10.6 Å². The molecule has 0 atom stereocenters. The lowest BCUT2D eigenvalue weighted by Gasteiger charge is -2.16. The first kappa shape index (κ1) is 17.7. The number of hydrogen-bond acceptors (Lipinski definition) is 4. The molecule has 6 heteroatoms. The summed E-state index contributed by atoms with van der Waals surface area (Å²) in [6, 6.07) is 5.32. The zero-order valence-electron chi connectivity index (χ0n) is 12.9. The van der Waals surface area contributed by atoms with E-state index in [1.54, 1.807) is 26.1 Å². The molecule has 0 unspecified atom stereocenters. The summed E-state index contributed by atoms with van der Waals surface area (Å²) in [6.07, 6.45) is 0.711. The minimum atomic E-state index is -3.43. The van der Waals surface area contributed by atoms with E-state index in [4.69, 9.17) is 5.73 Å². The van der Waals surface area contributed by atoms with Gasteiger partial charge in [-0.15, -0.1) is 0 Å². The summed E-state index contributed by atoms with van der Waals surface area (Å²) in [5.74, 6) is -0.333. The smallest absolute Gasteiger partial charge is 0.223 e. The van der Waals surface area contributed by atoms with Crippen LogP contribution < -0.4 is 5.73 Å². The van der Waals surface area contributed by atoms with Crippen LogP contribution in [0.1, 0.15) is 24.0 Å². The number of amides is 1. The maximum absolute atomic E-state index is 12.4. The molecule has 0 aromatic heterocycles. The Morgan fingerprint density at radius 3 is 2.57 bits per heavy atom. The van der Waals surface area contributed by atoms with Crippen molar-refractivity contribution in [2.45, 2.75) is 31.6 Å². The van der Waals surface area contributed by atoms with Crippen LogP contribution in [0.4, 0.5) is 0 Å². The highest BCUT2D eigenvalue weighted by Crippen LogP contribution is 2.19. The van der Waals surface area contributed by atoms with Crippen LogP contribution >= 0.6 is 0 Å². The van der Waals surface area contributed by atoms with Gasteiger partial charge in [0.1, 0.15) is 0 Å². The predicted octanol–water partition coefficient (Wildman–Crippen LogP) is 1.27. The summed E-state index contributed by atoms with van der Waals surface area (Å²) >= 11 is 0. The van der Waals surface area contributed by atoms with E-state index in [2.05, 4.69) is 0 Å². The highest BCUT2D eigenvalue weighted by atomic mass is 32.2. The lowest BCUT2D eigenvalue weighted by molar-refractivity contribution is -0.129. The van der Waals surface area contributed by atoms with Crippen molar-refractivity contribution < 1.29 is 13.2 Å². The van der Waals surface area contributed by atoms with E-state index in [1.807, 2.05) is 13.0 Å². The SMILES string of the molecule is Cc1ccc(C)c(S(=O)(=O)CCC(=O)N(C)CCCN)c1. The van der Waals surface area contributed by atoms with Gasteiger partial charge in [-0.3, -0.25) is 4.79 Å². The standard InChI is InChI=1S/C15H24N2O3S/c1-12-5-6-13(2)14(11-12)21(19,20)10-7-15(18)17(3)9-4-8-16/h5-6,11H,4,7-10,16H2,1-3H3. The molecule has 0 heterocycles. The summed E-state index contributed by atoms with van der Waals surface area (Å²) in [5.41, 5.74) is 7.00. The number of carbonyl (C=O) groups is 1. The largest absolute Gasteiger partial charge is 0.346 e. The first-order valence-corrected chi connectivity index (χ1v) is 8.67. The first-order chi connectivity index (χ1) is 9.77. The average Bonchev–Trinajstić information content (AvgIpc) is 2.44. The molecular weight excluding hydrogens is 288 g/mol. The van der Waals surface area contributed by atoms with Gasteiger partial charge in [-0.25, -0.2) is 8.42 Å². The number of hydrogen-bond donors (Lipinski definition) is 1. The van der Waals surface area contributed by atoms with Crippen molar-refractivity contribution in [3.8, 4) is 0 Å². The van der Waals surface area contributed by atoms with Gasteiger partial charge in [0.25, 0.3) is 0 Å². The van der Waals surface area contributed by atoms with Crippen molar-refractivity contribution in [1.29, 1.82) is 0 Å². The second-order valence-electron chi connectivity index (χ2n) is 5.30. The summed E-state index contributed by atoms with van der Waals surface area (Å²) in [4.78, 5) is 13.8. The Balaban J connectivity index is 2.73. The van der Waals surface area contributed by atoms with Gasteiger partial charge in [-0.05, 0) is 44.0 Å². The number of sulfone groups is 1. The average molecular weight is 312 g/mol. The number of rotatable bonds is 7. The van der Waals surface area contributed by atoms with Crippen LogP contribution in [0.3, 0.4) is 0 Å². The van der Waals surface area contributed by atoms with Crippen LogP contribution in [-0.4, -0.2) is 45.1 Å². The summed E-state index contributed by atoms with van der Waals surface area (Å²) < 4.78 is 24.7. The van der Waals surface area contributed by atoms with E-state index >= 15 is 0 Å². The fourth-order valence-corrected chi connectivity index (χ4v) is 3.61. The van der Waals surface area contributed by atoms with Crippen molar-refractivity contribution in [1.82, 2.24) is 4.90 Å². The van der Waals surface area contributed by atoms with Crippen molar-refractivity contribution in [2.75, 3.05) is 25.9 Å². The van der Waals surface area contributed by atoms with Gasteiger partial charge in [0, 0.05) is 20.0 Å². The van der Waals surface area contributed by atoms with Crippen LogP contribution in [-0.2, 0) is 14.6 Å². The highest BCUT2D eigenvalue weighted by molar-refractivity contribution is 7.91. The zero-order chi connectivity index (χ0) is 16.0. The molecule has 1 rings (SSSR count). The van der Waals surface area contributed by atoms with Crippen LogP contribution in [0.2, 0.25) is 0 Å². The van der Waals surface area contributed by atoms with E-state index in [1.165, 1.54) is 4.90 Å². The van der Waals surface area contributed by atoms with E-state index in [-0.39, 0.29) is 18.1 Å². The van der Waals surface area contributed by atoms with Gasteiger partial charge >= 0.3 is 0 Å². The molecule has 21 heavy (non-hydrogen) atoms. The summed E-state index contributed by atoms with van der Waals surface area (Å²) in [5, 5.41) is 0. The number of benzene rings is 1. The Kier molecular flexibility index (Phi) is 6.36. The number of nitrogens with two attached hydrogens (primary N) is 1. The molecule has 0 saturated carbocycles. The second-order valence-corrected chi connectivity index (χ2v) is 7.37. The maximum atomic E-state index is 12.4. The first-order valence-electron chi connectivity index (χ1n) is 7.02. The Labute approximate surface area is 127 Å². The normalized spacial score (nSPS) is 11.4. The minimum Gasteiger partial charge on any atom is -0.346 e. The van der Waals surface area contributed by atoms with Gasteiger partial charge in [0.05, 0.1) is 10.6 Å². The molecule has 0 aliphatic rings. The number of aryl methyl sites for hydroxylation is 2. The second kappa shape index (κ2) is 7.56. The molecule has 1 aromatic rings. The summed E-state index contributed by atoms with van der Waals surface area (Å²) in [6.45, 7) is 4.68. The molecule has 118 valence electrons. The van der Waals surface area contributed by atoms with E-state index in [0.29, 0.717) is 30.0 Å². The molecular formula is C15H24N2O3S. The molecule has 0 fully saturated rings. The lowest BCUT2D eigenvalue weighted by atomic mass is 10.2. The third-order valence-corrected chi connectivity index (χ3v) is 5.24. The monoisotopic (exact) mass is 312 g/mol. The van der Waals surface area contributed by atoms with Gasteiger partial charge in [-0.2, -0.15) is 0 Å². The molecule has 0 bridgehead atoms. The third kappa shape index (κ3) is 5.13. The van der Waals surface area contributed by atoms with Crippen molar-refractivity contribution >= 4 is 15.7 Å². The van der Waals surface area contributed by atoms with E-state index in [0.717, 1.165) is 5.56 Å². The van der Waals surface area contributed by atoms with E-state index in [9.17, 15) is 13.2 Å². The Bertz CT molecular complexity index is 597. The van der Waals surface area contributed by atoms with Crippen molar-refractivity contribution in [3.63, 3.8) is 0 Å². The fourth-order valence-electron chi connectivity index (χ4n) is 2.02. The van der Waals surface area contributed by atoms with Gasteiger partial charge in [-0.1, -0.05) is 12.1 Å². The molecule has 0 spiro atoms. The number of nitrogens with zero attached hydrogens (tertiary/aromatic N) is 1. The fraction of sp³-hybridized carbons (Fsp3) is 0.533. The van der Waals surface area contributed by atoms with Crippen LogP contribution in [0.5, 0.6) is 0 Å². The van der Waals surface area contributed by atoms with Crippen LogP contribution in [0.15, 0.2) is 23.1 Å². The molecule has 1 aromatic carbocycles. The lowest BCUT2D eigenvalue weighted by Crippen LogP contribution is -2.30. The van der Waals surface area contributed by atoms with Gasteiger partial charge in [0.15, 0.2) is 9.84 Å². The number of carbonyl (C=O) groups excluding carboxylic acids is 1. The molecule has 0 aliphatic carbocycles. The van der Waals surface area contributed by atoms with Gasteiger partial charge in [0.2, 0.25) is 5.91 Å². The third-order valence-electron chi connectivity index (χ3n) is 3.39.